The summed E-state index contributed by atoms with van der Waals surface area (Å²) in [5.74, 6) is 0.181. The highest BCUT2D eigenvalue weighted by Gasteiger charge is 2.15. The Kier molecular flexibility index (Phi) is 4.80. The molecule has 0 aliphatic rings. The number of para-hydroxylation sites is 1. The quantitative estimate of drug-likeness (QED) is 0.550. The summed E-state index contributed by atoms with van der Waals surface area (Å²) in [6, 6.07) is 17.5. The first kappa shape index (κ1) is 17.2. The zero-order valence-electron chi connectivity index (χ0n) is 14.7. The number of ether oxygens (including phenoxy) is 1. The van der Waals surface area contributed by atoms with E-state index in [1.165, 1.54) is 23.2 Å². The maximum absolute atomic E-state index is 12.2. The molecule has 0 aliphatic carbocycles. The minimum atomic E-state index is -0.236. The van der Waals surface area contributed by atoms with E-state index < -0.39 is 0 Å². The van der Waals surface area contributed by atoms with Crippen LogP contribution in [0.15, 0.2) is 66.3 Å². The number of nitrogens with one attached hydrogen (secondary N) is 1. The van der Waals surface area contributed by atoms with Crippen LogP contribution in [0.3, 0.4) is 0 Å². The van der Waals surface area contributed by atoms with E-state index in [4.69, 9.17) is 4.74 Å². The van der Waals surface area contributed by atoms with Crippen molar-refractivity contribution in [2.75, 3.05) is 11.9 Å². The van der Waals surface area contributed by atoms with Crippen LogP contribution in [-0.2, 0) is 4.79 Å². The molecule has 27 heavy (non-hydrogen) atoms. The van der Waals surface area contributed by atoms with Gasteiger partial charge in [0.15, 0.2) is 6.61 Å². The van der Waals surface area contributed by atoms with Crippen molar-refractivity contribution in [2.24, 2.45) is 0 Å². The van der Waals surface area contributed by atoms with Crippen LogP contribution < -0.4 is 10.1 Å². The number of hydrogen-bond acceptors (Lipinski definition) is 5. The maximum atomic E-state index is 12.2. The van der Waals surface area contributed by atoms with Crippen LogP contribution in [0.2, 0.25) is 0 Å². The molecule has 0 radical (unpaired) electrons. The lowest BCUT2D eigenvalue weighted by Crippen LogP contribution is -2.20. The average Bonchev–Trinajstić information content (AvgIpc) is 3.12. The normalized spacial score (nSPS) is 10.7. The molecule has 134 valence electrons. The Hall–Kier alpha value is -3.25. The third-order valence-electron chi connectivity index (χ3n) is 4.10. The molecule has 0 aliphatic heterocycles. The number of thiophene rings is 1. The summed E-state index contributed by atoms with van der Waals surface area (Å²) in [5, 5.41) is 5.68. The van der Waals surface area contributed by atoms with Crippen molar-refractivity contribution in [1.29, 1.82) is 0 Å². The number of anilines is 1. The van der Waals surface area contributed by atoms with E-state index in [1.807, 2.05) is 35.7 Å². The third-order valence-corrected chi connectivity index (χ3v) is 4.98. The number of aryl methyl sites for hydroxylation is 1. The summed E-state index contributed by atoms with van der Waals surface area (Å²) in [6.07, 6.45) is 1.46. The minimum absolute atomic E-state index is 0.121. The van der Waals surface area contributed by atoms with Gasteiger partial charge in [-0.15, -0.1) is 11.3 Å². The summed E-state index contributed by atoms with van der Waals surface area (Å²) < 4.78 is 5.74. The van der Waals surface area contributed by atoms with Crippen molar-refractivity contribution in [2.45, 2.75) is 6.92 Å². The molecule has 4 aromatic rings. The number of amides is 1. The van der Waals surface area contributed by atoms with Gasteiger partial charge in [0, 0.05) is 16.6 Å². The molecule has 1 N–H and O–H groups in total. The van der Waals surface area contributed by atoms with Gasteiger partial charge in [-0.2, -0.15) is 0 Å². The van der Waals surface area contributed by atoms with Gasteiger partial charge in [-0.25, -0.2) is 9.97 Å². The maximum Gasteiger partial charge on any atom is 0.262 e. The van der Waals surface area contributed by atoms with Gasteiger partial charge in [0.2, 0.25) is 5.88 Å². The van der Waals surface area contributed by atoms with Crippen LogP contribution in [0.4, 0.5) is 5.69 Å². The fourth-order valence-electron chi connectivity index (χ4n) is 2.76. The molecule has 2 aromatic carbocycles. The minimum Gasteiger partial charge on any atom is -0.467 e. The van der Waals surface area contributed by atoms with E-state index in [0.717, 1.165) is 27.0 Å². The van der Waals surface area contributed by atoms with Crippen LogP contribution in [0.5, 0.6) is 5.88 Å². The highest BCUT2D eigenvalue weighted by molar-refractivity contribution is 7.17. The zero-order valence-corrected chi connectivity index (χ0v) is 15.5. The lowest BCUT2D eigenvalue weighted by atomic mass is 10.0. The van der Waals surface area contributed by atoms with E-state index in [-0.39, 0.29) is 12.5 Å². The van der Waals surface area contributed by atoms with Crippen LogP contribution in [-0.4, -0.2) is 22.5 Å². The zero-order chi connectivity index (χ0) is 18.6. The molecule has 0 spiro atoms. The summed E-state index contributed by atoms with van der Waals surface area (Å²) in [4.78, 5) is 21.6. The second-order valence-corrected chi connectivity index (χ2v) is 6.94. The number of carbonyl (C=O) groups is 1. The van der Waals surface area contributed by atoms with E-state index in [1.54, 1.807) is 0 Å². The van der Waals surface area contributed by atoms with Gasteiger partial charge in [0.1, 0.15) is 11.2 Å². The number of aromatic nitrogens is 2. The molecule has 5 nitrogen and oxygen atoms in total. The second-order valence-electron chi connectivity index (χ2n) is 6.08. The molecule has 0 atom stereocenters. The molecule has 4 rings (SSSR count). The highest BCUT2D eigenvalue weighted by atomic mass is 32.1. The summed E-state index contributed by atoms with van der Waals surface area (Å²) in [5.41, 5.74) is 4.01. The monoisotopic (exact) mass is 375 g/mol. The Morgan fingerprint density at radius 1 is 1.07 bits per heavy atom. The van der Waals surface area contributed by atoms with Gasteiger partial charge >= 0.3 is 0 Å². The Labute approximate surface area is 160 Å². The van der Waals surface area contributed by atoms with Crippen molar-refractivity contribution < 1.29 is 9.53 Å². The van der Waals surface area contributed by atoms with E-state index >= 15 is 0 Å². The van der Waals surface area contributed by atoms with Crippen molar-refractivity contribution in [3.8, 4) is 17.0 Å². The van der Waals surface area contributed by atoms with Crippen molar-refractivity contribution in [3.05, 3.63) is 71.9 Å². The third kappa shape index (κ3) is 3.80. The predicted octanol–water partition coefficient (Wildman–Crippen LogP) is 4.68. The molecular weight excluding hydrogens is 358 g/mol. The molecule has 6 heteroatoms. The standard InChI is InChI=1S/C21H17N3O2S/c1-14-7-9-15(10-8-14)17-12-27-21-19(17)20(22-13-23-21)26-11-18(25)24-16-5-3-2-4-6-16/h2-10,12-13H,11H2,1H3,(H,24,25). The molecule has 1 amide bonds. The Morgan fingerprint density at radius 2 is 1.85 bits per heavy atom. The average molecular weight is 375 g/mol. The first-order valence-corrected chi connectivity index (χ1v) is 9.35. The number of carbonyl (C=O) groups excluding carboxylic acids is 1. The predicted molar refractivity (Wildman–Crippen MR) is 108 cm³/mol. The highest BCUT2D eigenvalue weighted by Crippen LogP contribution is 2.37. The van der Waals surface area contributed by atoms with Crippen molar-refractivity contribution >= 4 is 33.1 Å². The van der Waals surface area contributed by atoms with Gasteiger partial charge in [-0.1, -0.05) is 48.0 Å². The van der Waals surface area contributed by atoms with Gasteiger partial charge in [0.25, 0.3) is 5.91 Å². The second kappa shape index (κ2) is 7.55. The molecule has 0 unspecified atom stereocenters. The van der Waals surface area contributed by atoms with Crippen LogP contribution in [0, 0.1) is 6.92 Å². The van der Waals surface area contributed by atoms with E-state index in [9.17, 15) is 4.79 Å². The lowest BCUT2D eigenvalue weighted by Gasteiger charge is -2.09. The fourth-order valence-corrected chi connectivity index (χ4v) is 3.66. The number of fused-ring (bicyclic) bond motifs is 1. The van der Waals surface area contributed by atoms with Crippen LogP contribution in [0.1, 0.15) is 5.56 Å². The number of rotatable bonds is 5. The fraction of sp³-hybridized carbons (Fsp3) is 0.0952. The van der Waals surface area contributed by atoms with E-state index in [2.05, 4.69) is 46.5 Å². The van der Waals surface area contributed by atoms with Crippen LogP contribution >= 0.6 is 11.3 Å². The summed E-state index contributed by atoms with van der Waals surface area (Å²) in [7, 11) is 0. The molecule has 2 heterocycles. The first-order valence-electron chi connectivity index (χ1n) is 8.47. The lowest BCUT2D eigenvalue weighted by molar-refractivity contribution is -0.118. The largest absolute Gasteiger partial charge is 0.467 e. The van der Waals surface area contributed by atoms with Gasteiger partial charge in [-0.05, 0) is 24.6 Å². The summed E-state index contributed by atoms with van der Waals surface area (Å²) >= 11 is 1.53. The van der Waals surface area contributed by atoms with Crippen molar-refractivity contribution in [3.63, 3.8) is 0 Å². The molecule has 0 bridgehead atoms. The molecule has 0 saturated carbocycles. The van der Waals surface area contributed by atoms with E-state index in [0.29, 0.717) is 5.88 Å². The topological polar surface area (TPSA) is 64.1 Å². The first-order chi connectivity index (χ1) is 13.2. The Bertz CT molecular complexity index is 1080. The Balaban J connectivity index is 1.57. The molecule has 0 saturated heterocycles. The van der Waals surface area contributed by atoms with Gasteiger partial charge in [-0.3, -0.25) is 4.79 Å². The molecule has 2 aromatic heterocycles. The Morgan fingerprint density at radius 3 is 2.63 bits per heavy atom. The molecular formula is C21H17N3O2S. The molecule has 0 fully saturated rings. The number of nitrogens with zero attached hydrogens (tertiary/aromatic N) is 2. The van der Waals surface area contributed by atoms with Gasteiger partial charge in [0.05, 0.1) is 5.39 Å². The van der Waals surface area contributed by atoms with Crippen LogP contribution in [0.25, 0.3) is 21.3 Å². The smallest absolute Gasteiger partial charge is 0.262 e. The number of benzene rings is 2. The van der Waals surface area contributed by atoms with Crippen molar-refractivity contribution in [1.82, 2.24) is 9.97 Å². The SMILES string of the molecule is Cc1ccc(-c2csc3ncnc(OCC(=O)Nc4ccccc4)c23)cc1. The summed E-state index contributed by atoms with van der Waals surface area (Å²) in [6.45, 7) is 1.93. The van der Waals surface area contributed by atoms with Gasteiger partial charge < -0.3 is 10.1 Å². The number of hydrogen-bond donors (Lipinski definition) is 1.